The maximum absolute atomic E-state index is 13.8. The Hall–Kier alpha value is -1.51. The second-order valence-electron chi connectivity index (χ2n) is 11.1. The van der Waals surface area contributed by atoms with E-state index in [0.717, 1.165) is 0 Å². The van der Waals surface area contributed by atoms with Gasteiger partial charge in [-0.2, -0.15) is 0 Å². The van der Waals surface area contributed by atoms with Gasteiger partial charge in [-0.05, 0) is 45.4 Å². The van der Waals surface area contributed by atoms with E-state index in [4.69, 9.17) is 21.1 Å². The van der Waals surface area contributed by atoms with Crippen LogP contribution in [-0.2, 0) is 25.2 Å². The molecule has 9 heteroatoms. The van der Waals surface area contributed by atoms with Crippen molar-refractivity contribution in [1.82, 2.24) is 4.90 Å². The van der Waals surface area contributed by atoms with Crippen LogP contribution in [0.4, 0.5) is 14.9 Å². The van der Waals surface area contributed by atoms with E-state index in [9.17, 15) is 14.0 Å². The lowest BCUT2D eigenvalue weighted by Crippen LogP contribution is -2.57. The molecule has 0 bridgehead atoms. The molecule has 3 atom stereocenters. The number of rotatable bonds is 5. The predicted molar refractivity (Wildman–Crippen MR) is 138 cm³/mol. The lowest BCUT2D eigenvalue weighted by atomic mass is 9.89. The van der Waals surface area contributed by atoms with Crippen molar-refractivity contribution in [2.45, 2.75) is 77.6 Å². The van der Waals surface area contributed by atoms with Gasteiger partial charge in [-0.25, -0.2) is 9.18 Å². The highest BCUT2D eigenvalue weighted by atomic mass is 35.5. The Balaban J connectivity index is 2.46. The van der Waals surface area contributed by atoms with Crippen molar-refractivity contribution >= 4 is 40.2 Å². The molecule has 0 unspecified atom stereocenters. The molecule has 6 nitrogen and oxygen atoms in total. The van der Waals surface area contributed by atoms with Crippen LogP contribution in [0.2, 0.25) is 5.02 Å². The molecule has 1 aliphatic heterocycles. The Kier molecular flexibility index (Phi) is 8.64. The van der Waals surface area contributed by atoms with Crippen LogP contribution in [0.25, 0.3) is 0 Å². The minimum atomic E-state index is -0.895. The molecule has 1 aromatic carbocycles. The lowest BCUT2D eigenvalue weighted by molar-refractivity contribution is -0.133. The number of nitrogens with zero attached hydrogens (tertiary/aromatic N) is 2. The van der Waals surface area contributed by atoms with E-state index >= 15 is 0 Å². The Labute approximate surface area is 211 Å². The van der Waals surface area contributed by atoms with Gasteiger partial charge in [0.15, 0.2) is 0 Å². The minimum absolute atomic E-state index is 0.0818. The Morgan fingerprint density at radius 3 is 2.21 bits per heavy atom. The topological polar surface area (TPSA) is 59.1 Å². The number of halogens is 2. The van der Waals surface area contributed by atoms with Gasteiger partial charge < -0.3 is 14.4 Å². The molecule has 1 aliphatic rings. The first kappa shape index (κ1) is 28.7. The lowest BCUT2D eigenvalue weighted by Gasteiger charge is -2.41. The number of anilines is 1. The maximum Gasteiger partial charge on any atom is 0.411 e. The maximum atomic E-state index is 13.8. The molecule has 2 rings (SSSR count). The Bertz CT molecular complexity index is 915. The largest absolute Gasteiger partial charge is 0.444 e. The summed E-state index contributed by atoms with van der Waals surface area (Å²) in [5, 5.41) is -0.0818. The third kappa shape index (κ3) is 6.18. The van der Waals surface area contributed by atoms with Gasteiger partial charge in [0.25, 0.3) is 5.91 Å². The molecule has 0 spiro atoms. The zero-order chi connectivity index (χ0) is 26.2. The van der Waals surface area contributed by atoms with Crippen molar-refractivity contribution in [3.05, 3.63) is 29.0 Å². The van der Waals surface area contributed by atoms with Crippen LogP contribution in [0.1, 0.15) is 54.9 Å². The highest BCUT2D eigenvalue weighted by molar-refractivity contribution is 7.96. The number of benzene rings is 1. The predicted octanol–water partition coefficient (Wildman–Crippen LogP) is 5.48. The fraction of sp³-hybridized carbons (Fsp3) is 0.680. The zero-order valence-corrected chi connectivity index (χ0v) is 23.6. The molecular formula is C25H39ClFN2O4S+. The average molecular weight is 518 g/mol. The number of hydrogen-bond donors (Lipinski definition) is 0. The summed E-state index contributed by atoms with van der Waals surface area (Å²) in [6.45, 7) is 14.1. The fourth-order valence-electron chi connectivity index (χ4n) is 3.90. The minimum Gasteiger partial charge on any atom is -0.444 e. The standard InChI is InChI=1S/C25H39ClFN2O4S/c1-23(2,3)25(7,34(9)10)32-19-13-14-29(22(31)33-24(4,5)6)20(19)21(30)28(8)16-11-12-18(27)17(26)15-16/h11-12,15,19-20H,13-14H2,1-10H3/q+1/t19-,20+,25+/m1/s1. The fourth-order valence-corrected chi connectivity index (χ4v) is 5.61. The summed E-state index contributed by atoms with van der Waals surface area (Å²) in [5.41, 5.74) is -0.488. The zero-order valence-electron chi connectivity index (χ0n) is 22.0. The SMILES string of the molecule is CN(C(=O)[C@@H]1[C@H](O[C@@](C)([S+](C)C)C(C)(C)C)CCN1C(=O)OC(C)(C)C)c1ccc(F)c(Cl)c1. The molecule has 0 radical (unpaired) electrons. The number of likely N-dealkylation sites (tertiary alicyclic amines) is 1. The summed E-state index contributed by atoms with van der Waals surface area (Å²) in [7, 11) is 1.44. The van der Waals surface area contributed by atoms with E-state index in [1.165, 1.54) is 28.0 Å². The first-order valence-corrected chi connectivity index (χ1v) is 13.8. The van der Waals surface area contributed by atoms with Gasteiger partial charge in [0.05, 0.1) is 11.1 Å². The third-order valence-electron chi connectivity index (χ3n) is 6.36. The van der Waals surface area contributed by atoms with Crippen LogP contribution in [-0.4, -0.2) is 65.7 Å². The van der Waals surface area contributed by atoms with Gasteiger partial charge in [-0.1, -0.05) is 32.4 Å². The van der Waals surface area contributed by atoms with E-state index in [2.05, 4.69) is 40.2 Å². The van der Waals surface area contributed by atoms with Gasteiger partial charge in [0.1, 0.15) is 30.0 Å². The van der Waals surface area contributed by atoms with Crippen LogP contribution in [0.3, 0.4) is 0 Å². The second kappa shape index (κ2) is 10.2. The summed E-state index contributed by atoms with van der Waals surface area (Å²) in [5.74, 6) is -0.915. The molecule has 1 heterocycles. The van der Waals surface area contributed by atoms with E-state index in [1.807, 2.05) is 0 Å². The summed E-state index contributed by atoms with van der Waals surface area (Å²) < 4.78 is 26.0. The highest BCUT2D eigenvalue weighted by Gasteiger charge is 2.55. The molecule has 0 N–H and O–H groups in total. The summed E-state index contributed by atoms with van der Waals surface area (Å²) in [6, 6.07) is 3.20. The van der Waals surface area contributed by atoms with Crippen LogP contribution >= 0.6 is 11.6 Å². The molecule has 1 saturated heterocycles. The molecule has 1 fully saturated rings. The van der Waals surface area contributed by atoms with Gasteiger partial charge in [-0.15, -0.1) is 0 Å². The van der Waals surface area contributed by atoms with Gasteiger partial charge in [-0.3, -0.25) is 9.69 Å². The van der Waals surface area contributed by atoms with E-state index in [0.29, 0.717) is 18.7 Å². The van der Waals surface area contributed by atoms with Crippen molar-refractivity contribution in [2.24, 2.45) is 5.41 Å². The van der Waals surface area contributed by atoms with Crippen LogP contribution < -0.4 is 4.90 Å². The van der Waals surface area contributed by atoms with E-state index in [-0.39, 0.29) is 27.2 Å². The Morgan fingerprint density at radius 2 is 1.74 bits per heavy atom. The number of amides is 2. The normalized spacial score (nSPS) is 20.9. The number of carbonyl (C=O) groups excluding carboxylic acids is 2. The molecule has 192 valence electrons. The summed E-state index contributed by atoms with van der Waals surface area (Å²) in [4.78, 5) is 29.2. The van der Waals surface area contributed by atoms with E-state index in [1.54, 1.807) is 27.8 Å². The smallest absolute Gasteiger partial charge is 0.411 e. The molecule has 1 aromatic rings. The van der Waals surface area contributed by atoms with Gasteiger partial charge in [0, 0.05) is 42.5 Å². The van der Waals surface area contributed by atoms with Crippen LogP contribution in [0.5, 0.6) is 0 Å². The average Bonchev–Trinajstić information content (AvgIpc) is 3.10. The van der Waals surface area contributed by atoms with Crippen molar-refractivity contribution in [1.29, 1.82) is 0 Å². The van der Waals surface area contributed by atoms with Crippen LogP contribution in [0.15, 0.2) is 18.2 Å². The van der Waals surface area contributed by atoms with Crippen LogP contribution in [0, 0.1) is 11.2 Å². The van der Waals surface area contributed by atoms with Crippen molar-refractivity contribution in [3.63, 3.8) is 0 Å². The molecule has 0 aromatic heterocycles. The summed E-state index contributed by atoms with van der Waals surface area (Å²) >= 11 is 5.95. The number of likely N-dealkylation sites (N-methyl/N-ethyl adjacent to an activating group) is 1. The molecule has 34 heavy (non-hydrogen) atoms. The van der Waals surface area contributed by atoms with E-state index < -0.39 is 34.6 Å². The van der Waals surface area contributed by atoms with Crippen molar-refractivity contribution in [2.75, 3.05) is 31.0 Å². The van der Waals surface area contributed by atoms with Crippen molar-refractivity contribution < 1.29 is 23.5 Å². The summed E-state index contributed by atoms with van der Waals surface area (Å²) in [6.07, 6.45) is 3.64. The molecule has 2 amide bonds. The van der Waals surface area contributed by atoms with Crippen molar-refractivity contribution in [3.8, 4) is 0 Å². The van der Waals surface area contributed by atoms with Gasteiger partial charge >= 0.3 is 6.09 Å². The monoisotopic (exact) mass is 517 g/mol. The molecular weight excluding hydrogens is 479 g/mol. The number of hydrogen-bond acceptors (Lipinski definition) is 4. The number of ether oxygens (including phenoxy) is 2. The first-order chi connectivity index (χ1) is 15.4. The first-order valence-electron chi connectivity index (χ1n) is 11.4. The number of carbonyl (C=O) groups is 2. The quantitative estimate of drug-likeness (QED) is 0.485. The third-order valence-corrected chi connectivity index (χ3v) is 8.92. The second-order valence-corrected chi connectivity index (χ2v) is 13.9. The van der Waals surface area contributed by atoms with Gasteiger partial charge in [0.2, 0.25) is 4.93 Å². The highest BCUT2D eigenvalue weighted by Crippen LogP contribution is 2.41. The Morgan fingerprint density at radius 1 is 1.15 bits per heavy atom. The molecule has 0 aliphatic carbocycles. The molecule has 0 saturated carbocycles.